The molecule has 0 amide bonds. The summed E-state index contributed by atoms with van der Waals surface area (Å²) in [7, 11) is 0. The number of benzene rings is 1. The predicted molar refractivity (Wildman–Crippen MR) is 92.4 cm³/mol. The summed E-state index contributed by atoms with van der Waals surface area (Å²) in [4.78, 5) is 43.6. The van der Waals surface area contributed by atoms with E-state index in [0.717, 1.165) is 16.7 Å². The number of aromatic amines is 1. The minimum Gasteiger partial charge on any atom is -0.323 e. The van der Waals surface area contributed by atoms with Crippen molar-refractivity contribution in [1.82, 2.24) is 9.55 Å². The van der Waals surface area contributed by atoms with Crippen LogP contribution < -0.4 is 11.1 Å². The van der Waals surface area contributed by atoms with Crippen LogP contribution in [0.4, 0.5) is 15.8 Å². The summed E-state index contributed by atoms with van der Waals surface area (Å²) in [5.74, 6) is -0.438. The Bertz CT molecular complexity index is 1090. The fraction of sp³-hybridized carbons (Fsp3) is 0. The molecule has 10 nitrogen and oxygen atoms in total. The van der Waals surface area contributed by atoms with Gasteiger partial charge in [0, 0.05) is 30.2 Å². The first kappa shape index (κ1) is 19.2. The van der Waals surface area contributed by atoms with Crippen molar-refractivity contribution in [3.63, 3.8) is 0 Å². The third-order valence-electron chi connectivity index (χ3n) is 3.22. The first-order chi connectivity index (χ1) is 12.8. The highest BCUT2D eigenvalue weighted by atomic mass is 19.1. The molecule has 0 aliphatic rings. The largest absolute Gasteiger partial charge is 0.334 e. The Kier molecular flexibility index (Phi) is 5.89. The molecule has 1 N–H and O–H groups in total. The molecule has 3 rings (SSSR count). The molecule has 3 aromatic rings. The molecule has 2 heterocycles. The molecule has 11 heteroatoms. The molecule has 0 saturated carbocycles. The van der Waals surface area contributed by atoms with Crippen LogP contribution in [0.25, 0.3) is 5.69 Å². The maximum absolute atomic E-state index is 12.7. The smallest absolute Gasteiger partial charge is 0.323 e. The first-order valence-electron chi connectivity index (χ1n) is 7.25. The van der Waals surface area contributed by atoms with Gasteiger partial charge in [0.25, 0.3) is 0 Å². The van der Waals surface area contributed by atoms with E-state index in [1.165, 1.54) is 48.8 Å². The molecule has 0 spiro atoms. The van der Waals surface area contributed by atoms with Gasteiger partial charge in [0.1, 0.15) is 5.82 Å². The molecule has 0 aliphatic carbocycles. The molecular formula is C16H11FN4O6. The number of pyridine rings is 2. The van der Waals surface area contributed by atoms with Gasteiger partial charge < -0.3 is 4.98 Å². The van der Waals surface area contributed by atoms with Gasteiger partial charge in [-0.2, -0.15) is 0 Å². The zero-order chi connectivity index (χ0) is 20.0. The molecule has 0 radical (unpaired) electrons. The molecule has 0 unspecified atom stereocenters. The standard InChI is InChI=1S/C11H7FN2O3.C5H4N2O3/c12-8-3-5-9(6-4-8)13-7-1-2-10(11(13)15)14(16)17;8-5-4(7(9)10)2-1-3-6-5/h1-7H;1-3H,(H,6,8). The lowest BCUT2D eigenvalue weighted by molar-refractivity contribution is -0.386. The Labute approximate surface area is 149 Å². The zero-order valence-electron chi connectivity index (χ0n) is 13.4. The number of aromatic nitrogens is 2. The molecule has 0 saturated heterocycles. The fourth-order valence-electron chi connectivity index (χ4n) is 1.98. The van der Waals surface area contributed by atoms with Crippen molar-refractivity contribution in [3.8, 4) is 5.69 Å². The number of nitro groups is 2. The van der Waals surface area contributed by atoms with Crippen LogP contribution in [0.2, 0.25) is 0 Å². The van der Waals surface area contributed by atoms with Gasteiger partial charge in [0.05, 0.1) is 9.85 Å². The minimum absolute atomic E-state index is 0.375. The molecule has 2 aromatic heterocycles. The summed E-state index contributed by atoms with van der Waals surface area (Å²) in [6.07, 6.45) is 2.73. The molecule has 0 bridgehead atoms. The van der Waals surface area contributed by atoms with E-state index in [1.807, 2.05) is 0 Å². The van der Waals surface area contributed by atoms with Crippen LogP contribution in [-0.2, 0) is 0 Å². The highest BCUT2D eigenvalue weighted by Gasteiger charge is 2.14. The number of hydrogen-bond donors (Lipinski definition) is 1. The van der Waals surface area contributed by atoms with Gasteiger partial charge in [-0.3, -0.25) is 34.4 Å². The van der Waals surface area contributed by atoms with E-state index in [-0.39, 0.29) is 0 Å². The maximum atomic E-state index is 12.7. The Hall–Kier alpha value is -4.15. The topological polar surface area (TPSA) is 141 Å². The van der Waals surface area contributed by atoms with E-state index >= 15 is 0 Å². The minimum atomic E-state index is -0.748. The predicted octanol–water partition coefficient (Wildman–Crippen LogP) is 2.17. The average Bonchev–Trinajstić information content (AvgIpc) is 2.63. The Balaban J connectivity index is 0.000000223. The van der Waals surface area contributed by atoms with Gasteiger partial charge in [0.15, 0.2) is 0 Å². The van der Waals surface area contributed by atoms with Crippen LogP contribution in [0, 0.1) is 26.0 Å². The summed E-state index contributed by atoms with van der Waals surface area (Å²) in [6.45, 7) is 0. The van der Waals surface area contributed by atoms with Crippen molar-refractivity contribution in [3.05, 3.63) is 108 Å². The summed E-state index contributed by atoms with van der Waals surface area (Å²) < 4.78 is 13.8. The van der Waals surface area contributed by atoms with Gasteiger partial charge in [0.2, 0.25) is 0 Å². The summed E-state index contributed by atoms with van der Waals surface area (Å²) in [5, 5.41) is 20.6. The number of nitrogens with one attached hydrogen (secondary N) is 1. The lowest BCUT2D eigenvalue weighted by Gasteiger charge is -2.04. The number of hydrogen-bond acceptors (Lipinski definition) is 6. The summed E-state index contributed by atoms with van der Waals surface area (Å²) >= 11 is 0. The molecule has 0 fully saturated rings. The maximum Gasteiger partial charge on any atom is 0.334 e. The second-order valence-electron chi connectivity index (χ2n) is 4.94. The van der Waals surface area contributed by atoms with E-state index < -0.39 is 38.2 Å². The van der Waals surface area contributed by atoms with E-state index in [1.54, 1.807) is 0 Å². The molecule has 0 atom stereocenters. The van der Waals surface area contributed by atoms with Gasteiger partial charge in [-0.15, -0.1) is 0 Å². The first-order valence-corrected chi connectivity index (χ1v) is 7.25. The normalized spacial score (nSPS) is 9.81. The lowest BCUT2D eigenvalue weighted by atomic mass is 10.3. The second-order valence-corrected chi connectivity index (χ2v) is 4.94. The van der Waals surface area contributed by atoms with Crippen LogP contribution in [0.5, 0.6) is 0 Å². The number of halogens is 1. The highest BCUT2D eigenvalue weighted by Crippen LogP contribution is 2.09. The third-order valence-corrected chi connectivity index (χ3v) is 3.22. The fourth-order valence-corrected chi connectivity index (χ4v) is 1.98. The highest BCUT2D eigenvalue weighted by molar-refractivity contribution is 5.36. The van der Waals surface area contributed by atoms with Gasteiger partial charge in [-0.25, -0.2) is 4.39 Å². The van der Waals surface area contributed by atoms with Gasteiger partial charge in [-0.1, -0.05) is 0 Å². The summed E-state index contributed by atoms with van der Waals surface area (Å²) in [5.41, 5.74) is -1.99. The molecule has 1 aromatic carbocycles. The number of rotatable bonds is 3. The van der Waals surface area contributed by atoms with Crippen molar-refractivity contribution in [2.75, 3.05) is 0 Å². The van der Waals surface area contributed by atoms with E-state index in [4.69, 9.17) is 0 Å². The third kappa shape index (κ3) is 4.69. The van der Waals surface area contributed by atoms with Crippen LogP contribution in [-0.4, -0.2) is 19.4 Å². The quantitative estimate of drug-likeness (QED) is 0.550. The van der Waals surface area contributed by atoms with Crippen molar-refractivity contribution < 1.29 is 14.2 Å². The van der Waals surface area contributed by atoms with Crippen molar-refractivity contribution in [2.24, 2.45) is 0 Å². The molecule has 138 valence electrons. The van der Waals surface area contributed by atoms with Gasteiger partial charge in [-0.05, 0) is 36.4 Å². The molecular weight excluding hydrogens is 363 g/mol. The SMILES string of the molecule is O=c1[nH]cccc1[N+](=O)[O-].O=c1c([N+](=O)[O-])cccn1-c1ccc(F)cc1. The van der Waals surface area contributed by atoms with Crippen LogP contribution in [0.1, 0.15) is 0 Å². The number of nitrogens with zero attached hydrogens (tertiary/aromatic N) is 3. The molecule has 0 aliphatic heterocycles. The average molecular weight is 374 g/mol. The van der Waals surface area contributed by atoms with Crippen LogP contribution in [0.15, 0.2) is 70.5 Å². The van der Waals surface area contributed by atoms with Crippen molar-refractivity contribution >= 4 is 11.4 Å². The Morgan fingerprint density at radius 3 is 2.00 bits per heavy atom. The van der Waals surface area contributed by atoms with E-state index in [0.29, 0.717) is 5.69 Å². The van der Waals surface area contributed by atoms with Gasteiger partial charge >= 0.3 is 22.5 Å². The molecule has 27 heavy (non-hydrogen) atoms. The lowest BCUT2D eigenvalue weighted by Crippen LogP contribution is -2.20. The monoisotopic (exact) mass is 374 g/mol. The zero-order valence-corrected chi connectivity index (χ0v) is 13.4. The van der Waals surface area contributed by atoms with Crippen LogP contribution >= 0.6 is 0 Å². The Morgan fingerprint density at radius 1 is 0.889 bits per heavy atom. The van der Waals surface area contributed by atoms with Crippen molar-refractivity contribution in [2.45, 2.75) is 0 Å². The van der Waals surface area contributed by atoms with E-state index in [2.05, 4.69) is 4.98 Å². The summed E-state index contributed by atoms with van der Waals surface area (Å²) in [6, 6.07) is 10.2. The van der Waals surface area contributed by atoms with E-state index in [9.17, 15) is 34.2 Å². The second kappa shape index (κ2) is 8.29. The van der Waals surface area contributed by atoms with Crippen molar-refractivity contribution in [1.29, 1.82) is 0 Å². The van der Waals surface area contributed by atoms with Crippen LogP contribution in [0.3, 0.4) is 0 Å². The Morgan fingerprint density at radius 2 is 1.48 bits per heavy atom. The number of H-pyrrole nitrogens is 1.